The Labute approximate surface area is 147 Å². The van der Waals surface area contributed by atoms with Gasteiger partial charge < -0.3 is 0 Å². The van der Waals surface area contributed by atoms with Crippen molar-refractivity contribution in [1.82, 2.24) is 4.98 Å². The molecule has 2 heterocycles. The number of aryl methyl sites for hydroxylation is 1. The van der Waals surface area contributed by atoms with Gasteiger partial charge in [-0.1, -0.05) is 17.4 Å². The first-order valence-corrected chi connectivity index (χ1v) is 8.44. The van der Waals surface area contributed by atoms with E-state index in [2.05, 4.69) is 10.3 Å². The van der Waals surface area contributed by atoms with E-state index in [0.717, 1.165) is 16.2 Å². The molecule has 0 aliphatic carbocycles. The van der Waals surface area contributed by atoms with Gasteiger partial charge in [-0.05, 0) is 25.1 Å². The van der Waals surface area contributed by atoms with Gasteiger partial charge in [-0.25, -0.2) is 4.98 Å². The Morgan fingerprint density at radius 2 is 1.88 bits per heavy atom. The van der Waals surface area contributed by atoms with Crippen LogP contribution in [-0.4, -0.2) is 28.5 Å². The van der Waals surface area contributed by atoms with Crippen molar-refractivity contribution < 1.29 is 19.2 Å². The molecule has 1 saturated heterocycles. The first-order valence-electron chi connectivity index (χ1n) is 7.62. The Balaban J connectivity index is 1.82. The van der Waals surface area contributed by atoms with Crippen molar-refractivity contribution in [2.45, 2.75) is 26.7 Å². The molecule has 1 aromatic heterocycles. The molecule has 1 aliphatic rings. The molecular weight excluding hydrogens is 342 g/mol. The normalized spacial score (nSPS) is 14.1. The molecule has 2 aromatic rings. The maximum absolute atomic E-state index is 12.4. The maximum Gasteiger partial charge on any atom is 0.257 e. The smallest absolute Gasteiger partial charge is 0.257 e. The minimum absolute atomic E-state index is 0.108. The molecule has 3 rings (SSSR count). The molecule has 0 spiro atoms. The highest BCUT2D eigenvalue weighted by Gasteiger charge is 2.30. The van der Waals surface area contributed by atoms with E-state index < -0.39 is 5.91 Å². The van der Waals surface area contributed by atoms with Gasteiger partial charge in [-0.3, -0.25) is 29.4 Å². The van der Waals surface area contributed by atoms with Crippen LogP contribution in [0.5, 0.6) is 0 Å². The summed E-state index contributed by atoms with van der Waals surface area (Å²) in [5.74, 6) is -1.08. The van der Waals surface area contributed by atoms with Gasteiger partial charge >= 0.3 is 0 Å². The summed E-state index contributed by atoms with van der Waals surface area (Å²) < 4.78 is 0. The molecule has 0 bridgehead atoms. The van der Waals surface area contributed by atoms with Gasteiger partial charge in [-0.15, -0.1) is 0 Å². The quantitative estimate of drug-likeness (QED) is 0.670. The molecule has 1 N–H and O–H groups in total. The van der Waals surface area contributed by atoms with Gasteiger partial charge in [0, 0.05) is 25.3 Å². The number of anilines is 2. The first-order chi connectivity index (χ1) is 11.9. The van der Waals surface area contributed by atoms with Crippen molar-refractivity contribution in [3.05, 3.63) is 40.4 Å². The number of nitrogens with one attached hydrogen (secondary N) is 1. The van der Waals surface area contributed by atoms with Crippen LogP contribution in [0, 0.1) is 6.92 Å². The van der Waals surface area contributed by atoms with E-state index in [1.165, 1.54) is 13.0 Å². The van der Waals surface area contributed by atoms with E-state index in [0.29, 0.717) is 27.0 Å². The lowest BCUT2D eigenvalue weighted by molar-refractivity contribution is -0.121. The van der Waals surface area contributed by atoms with Crippen LogP contribution in [-0.2, 0) is 9.59 Å². The van der Waals surface area contributed by atoms with E-state index in [-0.39, 0.29) is 30.4 Å². The lowest BCUT2D eigenvalue weighted by Gasteiger charge is -2.14. The zero-order valence-corrected chi connectivity index (χ0v) is 14.5. The molecule has 7 nitrogen and oxygen atoms in total. The van der Waals surface area contributed by atoms with Gasteiger partial charge in [-0.2, -0.15) is 0 Å². The molecule has 25 heavy (non-hydrogen) atoms. The maximum atomic E-state index is 12.4. The van der Waals surface area contributed by atoms with E-state index in [1.807, 2.05) is 0 Å². The Hall–Kier alpha value is -2.87. The number of benzene rings is 1. The molecule has 3 amide bonds. The topological polar surface area (TPSA) is 96.4 Å². The number of ketones is 1. The third-order valence-corrected chi connectivity index (χ3v) is 4.93. The fraction of sp³-hybridized carbons (Fsp3) is 0.235. The average Bonchev–Trinajstić information content (AvgIpc) is 3.09. The number of amides is 3. The fourth-order valence-electron chi connectivity index (χ4n) is 2.60. The summed E-state index contributed by atoms with van der Waals surface area (Å²) in [5, 5.41) is 2.97. The van der Waals surface area contributed by atoms with Crippen LogP contribution in [0.15, 0.2) is 24.3 Å². The van der Waals surface area contributed by atoms with Crippen LogP contribution >= 0.6 is 11.3 Å². The molecular formula is C17H15N3O4S. The standard InChI is InChI=1S/C17H15N3O4S/c1-9-15(10(2)21)25-17(18-9)19-16(24)11-4-3-5-12(8-11)20-13(22)6-7-14(20)23/h3-5,8H,6-7H2,1-2H3,(H,18,19,24). The van der Waals surface area contributed by atoms with Crippen molar-refractivity contribution in [1.29, 1.82) is 0 Å². The van der Waals surface area contributed by atoms with Crippen molar-refractivity contribution in [2.75, 3.05) is 10.2 Å². The predicted molar refractivity (Wildman–Crippen MR) is 93.0 cm³/mol. The highest BCUT2D eigenvalue weighted by molar-refractivity contribution is 7.17. The lowest BCUT2D eigenvalue weighted by Crippen LogP contribution is -2.28. The van der Waals surface area contributed by atoms with Gasteiger partial charge in [0.05, 0.1) is 16.3 Å². The number of aromatic nitrogens is 1. The molecule has 1 aromatic carbocycles. The summed E-state index contributed by atoms with van der Waals surface area (Å²) in [6.45, 7) is 3.15. The van der Waals surface area contributed by atoms with Crippen LogP contribution in [0.1, 0.15) is 45.5 Å². The number of imide groups is 1. The van der Waals surface area contributed by atoms with Crippen molar-refractivity contribution in [3.63, 3.8) is 0 Å². The average molecular weight is 357 g/mol. The molecule has 0 unspecified atom stereocenters. The second kappa shape index (κ2) is 6.56. The summed E-state index contributed by atoms with van der Waals surface area (Å²) >= 11 is 1.11. The molecule has 0 radical (unpaired) electrons. The Morgan fingerprint density at radius 3 is 2.48 bits per heavy atom. The second-order valence-electron chi connectivity index (χ2n) is 5.62. The third kappa shape index (κ3) is 3.34. The molecule has 128 valence electrons. The number of carbonyl (C=O) groups excluding carboxylic acids is 4. The summed E-state index contributed by atoms with van der Waals surface area (Å²) in [6.07, 6.45) is 0.364. The Kier molecular flexibility index (Phi) is 4.45. The SMILES string of the molecule is CC(=O)c1sc(NC(=O)c2cccc(N3C(=O)CCC3=O)c2)nc1C. The number of hydrogen-bond acceptors (Lipinski definition) is 6. The molecule has 0 saturated carbocycles. The summed E-state index contributed by atoms with van der Waals surface area (Å²) in [6, 6.07) is 6.29. The van der Waals surface area contributed by atoms with Crippen molar-refractivity contribution in [3.8, 4) is 0 Å². The van der Waals surface area contributed by atoms with Crippen molar-refractivity contribution >= 4 is 45.7 Å². The highest BCUT2D eigenvalue weighted by atomic mass is 32.1. The second-order valence-corrected chi connectivity index (χ2v) is 6.62. The summed E-state index contributed by atoms with van der Waals surface area (Å²) in [4.78, 5) is 53.3. The summed E-state index contributed by atoms with van der Waals surface area (Å²) in [5.41, 5.74) is 1.23. The summed E-state index contributed by atoms with van der Waals surface area (Å²) in [7, 11) is 0. The molecule has 0 atom stereocenters. The van der Waals surface area contributed by atoms with Crippen LogP contribution in [0.4, 0.5) is 10.8 Å². The highest BCUT2D eigenvalue weighted by Crippen LogP contribution is 2.26. The van der Waals surface area contributed by atoms with Crippen LogP contribution in [0.25, 0.3) is 0 Å². The number of nitrogens with zero attached hydrogens (tertiary/aromatic N) is 2. The van der Waals surface area contributed by atoms with Crippen LogP contribution in [0.3, 0.4) is 0 Å². The lowest BCUT2D eigenvalue weighted by atomic mass is 10.2. The fourth-order valence-corrected chi connectivity index (χ4v) is 3.45. The predicted octanol–water partition coefficient (Wildman–Crippen LogP) is 2.56. The van der Waals surface area contributed by atoms with E-state index in [1.54, 1.807) is 25.1 Å². The van der Waals surface area contributed by atoms with Gasteiger partial charge in [0.15, 0.2) is 10.9 Å². The zero-order valence-electron chi connectivity index (χ0n) is 13.7. The van der Waals surface area contributed by atoms with Gasteiger partial charge in [0.2, 0.25) is 11.8 Å². The molecule has 1 fully saturated rings. The minimum Gasteiger partial charge on any atom is -0.298 e. The van der Waals surface area contributed by atoms with Gasteiger partial charge in [0.1, 0.15) is 0 Å². The number of Topliss-reactive ketones (excluding diaryl/α,β-unsaturated/α-hetero) is 1. The van der Waals surface area contributed by atoms with E-state index >= 15 is 0 Å². The van der Waals surface area contributed by atoms with E-state index in [9.17, 15) is 19.2 Å². The Bertz CT molecular complexity index is 887. The Morgan fingerprint density at radius 1 is 1.20 bits per heavy atom. The number of rotatable bonds is 4. The monoisotopic (exact) mass is 357 g/mol. The number of thiazole rings is 1. The third-order valence-electron chi connectivity index (χ3n) is 3.75. The largest absolute Gasteiger partial charge is 0.298 e. The molecule has 1 aliphatic heterocycles. The number of hydrogen-bond donors (Lipinski definition) is 1. The minimum atomic E-state index is -0.426. The number of carbonyl (C=O) groups is 4. The van der Waals surface area contributed by atoms with Crippen molar-refractivity contribution in [2.24, 2.45) is 0 Å². The molecule has 8 heteroatoms. The van der Waals surface area contributed by atoms with E-state index in [4.69, 9.17) is 0 Å². The van der Waals surface area contributed by atoms with Crippen LogP contribution in [0.2, 0.25) is 0 Å². The van der Waals surface area contributed by atoms with Crippen LogP contribution < -0.4 is 10.2 Å². The zero-order chi connectivity index (χ0) is 18.1. The first kappa shape index (κ1) is 17.0. The van der Waals surface area contributed by atoms with Gasteiger partial charge in [0.25, 0.3) is 5.91 Å².